The normalized spacial score (nSPS) is 9.96. The third-order valence-electron chi connectivity index (χ3n) is 3.70. The summed E-state index contributed by atoms with van der Waals surface area (Å²) in [6.45, 7) is 0.493. The lowest BCUT2D eigenvalue weighted by Crippen LogP contribution is -2.29. The number of carbonyl (C=O) groups is 2. The molecule has 2 aromatic rings. The first-order chi connectivity index (χ1) is 12.6. The van der Waals surface area contributed by atoms with Crippen molar-refractivity contribution in [3.05, 3.63) is 53.6 Å². The molecule has 0 atom stereocenters. The van der Waals surface area contributed by atoms with E-state index in [1.165, 1.54) is 7.11 Å². The first kappa shape index (κ1) is 19.1. The Kier molecular flexibility index (Phi) is 6.84. The van der Waals surface area contributed by atoms with Crippen LogP contribution in [0.1, 0.15) is 15.9 Å². The lowest BCUT2D eigenvalue weighted by Gasteiger charge is -2.11. The van der Waals surface area contributed by atoms with Crippen LogP contribution in [0.2, 0.25) is 0 Å². The van der Waals surface area contributed by atoms with E-state index < -0.39 is 5.97 Å². The van der Waals surface area contributed by atoms with Crippen LogP contribution in [0.3, 0.4) is 0 Å². The highest BCUT2D eigenvalue weighted by Crippen LogP contribution is 2.27. The fraction of sp³-hybridized carbons (Fsp3) is 0.263. The molecule has 2 rings (SSSR count). The van der Waals surface area contributed by atoms with Gasteiger partial charge < -0.3 is 24.8 Å². The predicted octanol–water partition coefficient (Wildman–Crippen LogP) is 2.22. The van der Waals surface area contributed by atoms with Crippen molar-refractivity contribution in [2.75, 3.05) is 33.2 Å². The van der Waals surface area contributed by atoms with Crippen molar-refractivity contribution in [1.82, 2.24) is 5.32 Å². The first-order valence-corrected chi connectivity index (χ1v) is 7.97. The van der Waals surface area contributed by atoms with Gasteiger partial charge in [-0.1, -0.05) is 6.07 Å². The van der Waals surface area contributed by atoms with E-state index in [9.17, 15) is 9.59 Å². The van der Waals surface area contributed by atoms with Gasteiger partial charge in [0.05, 0.1) is 33.4 Å². The molecular formula is C19H22N2O5. The van der Waals surface area contributed by atoms with Gasteiger partial charge in [0.1, 0.15) is 0 Å². The maximum Gasteiger partial charge on any atom is 0.337 e. The Balaban J connectivity index is 1.83. The Labute approximate surface area is 152 Å². The number of esters is 1. The second kappa shape index (κ2) is 9.31. The second-order valence-electron chi connectivity index (χ2n) is 5.39. The topological polar surface area (TPSA) is 85.9 Å². The van der Waals surface area contributed by atoms with E-state index in [1.807, 2.05) is 12.1 Å². The van der Waals surface area contributed by atoms with Gasteiger partial charge in [-0.25, -0.2) is 4.79 Å². The van der Waals surface area contributed by atoms with Crippen LogP contribution in [0.15, 0.2) is 42.5 Å². The number of anilines is 1. The van der Waals surface area contributed by atoms with Gasteiger partial charge in [-0.05, 0) is 42.0 Å². The van der Waals surface area contributed by atoms with Crippen LogP contribution in [0.4, 0.5) is 5.69 Å². The second-order valence-corrected chi connectivity index (χ2v) is 5.39. The molecule has 1 amide bonds. The molecule has 0 heterocycles. The van der Waals surface area contributed by atoms with Crippen molar-refractivity contribution in [3.8, 4) is 11.5 Å². The first-order valence-electron chi connectivity index (χ1n) is 7.97. The Hall–Kier alpha value is -3.22. The number of rotatable bonds is 8. The molecule has 0 saturated carbocycles. The van der Waals surface area contributed by atoms with Crippen molar-refractivity contribution in [3.63, 3.8) is 0 Å². The maximum absolute atomic E-state index is 12.0. The highest BCUT2D eigenvalue weighted by Gasteiger charge is 2.07. The molecule has 0 unspecified atom stereocenters. The van der Waals surface area contributed by atoms with Crippen LogP contribution in [-0.2, 0) is 16.1 Å². The van der Waals surface area contributed by atoms with Gasteiger partial charge in [-0.2, -0.15) is 0 Å². The minimum absolute atomic E-state index is 0.116. The van der Waals surface area contributed by atoms with Crippen molar-refractivity contribution in [1.29, 1.82) is 0 Å². The predicted molar refractivity (Wildman–Crippen MR) is 97.7 cm³/mol. The average molecular weight is 358 g/mol. The Morgan fingerprint density at radius 2 is 1.62 bits per heavy atom. The maximum atomic E-state index is 12.0. The van der Waals surface area contributed by atoms with E-state index in [0.29, 0.717) is 23.6 Å². The number of ether oxygens (including phenoxy) is 3. The quantitative estimate of drug-likeness (QED) is 0.704. The summed E-state index contributed by atoms with van der Waals surface area (Å²) in [5, 5.41) is 5.82. The number of hydrogen-bond acceptors (Lipinski definition) is 6. The standard InChI is InChI=1S/C19H22N2O5/c1-24-16-9-4-13(10-17(16)25-2)11-21-18(22)12-20-15-7-5-14(6-8-15)19(23)26-3/h4-10,20H,11-12H2,1-3H3,(H,21,22). The van der Waals surface area contributed by atoms with Crippen molar-refractivity contribution in [2.24, 2.45) is 0 Å². The lowest BCUT2D eigenvalue weighted by molar-refractivity contribution is -0.119. The minimum atomic E-state index is -0.399. The van der Waals surface area contributed by atoms with E-state index in [2.05, 4.69) is 15.4 Å². The lowest BCUT2D eigenvalue weighted by atomic mass is 10.2. The van der Waals surface area contributed by atoms with Crippen molar-refractivity contribution >= 4 is 17.6 Å². The fourth-order valence-corrected chi connectivity index (χ4v) is 2.28. The summed E-state index contributed by atoms with van der Waals surface area (Å²) in [7, 11) is 4.47. The summed E-state index contributed by atoms with van der Waals surface area (Å²) < 4.78 is 15.1. The molecular weight excluding hydrogens is 336 g/mol. The molecule has 0 aliphatic carbocycles. The SMILES string of the molecule is COC(=O)c1ccc(NCC(=O)NCc2ccc(OC)c(OC)c2)cc1. The summed E-state index contributed by atoms with van der Waals surface area (Å²) in [6.07, 6.45) is 0. The van der Waals surface area contributed by atoms with Crippen LogP contribution in [-0.4, -0.2) is 39.8 Å². The molecule has 26 heavy (non-hydrogen) atoms. The summed E-state index contributed by atoms with van der Waals surface area (Å²) >= 11 is 0. The van der Waals surface area contributed by atoms with Crippen molar-refractivity contribution < 1.29 is 23.8 Å². The molecule has 138 valence electrons. The molecule has 0 aliphatic rings. The number of amides is 1. The van der Waals surface area contributed by atoms with Gasteiger partial charge in [-0.15, -0.1) is 0 Å². The van der Waals surface area contributed by atoms with Gasteiger partial charge in [0.25, 0.3) is 0 Å². The number of hydrogen-bond donors (Lipinski definition) is 2. The van der Waals surface area contributed by atoms with E-state index in [0.717, 1.165) is 11.3 Å². The van der Waals surface area contributed by atoms with Crippen LogP contribution in [0, 0.1) is 0 Å². The molecule has 0 bridgehead atoms. The van der Waals surface area contributed by atoms with Crippen LogP contribution in [0.25, 0.3) is 0 Å². The van der Waals surface area contributed by atoms with E-state index in [4.69, 9.17) is 9.47 Å². The fourth-order valence-electron chi connectivity index (χ4n) is 2.28. The summed E-state index contributed by atoms with van der Waals surface area (Å²) in [5.41, 5.74) is 2.09. The smallest absolute Gasteiger partial charge is 0.337 e. The Morgan fingerprint density at radius 1 is 0.923 bits per heavy atom. The zero-order valence-electron chi connectivity index (χ0n) is 15.0. The number of methoxy groups -OCH3 is 3. The summed E-state index contributed by atoms with van der Waals surface area (Å²) in [5.74, 6) is 0.698. The van der Waals surface area contributed by atoms with Gasteiger partial charge >= 0.3 is 5.97 Å². The Bertz CT molecular complexity index is 759. The van der Waals surface area contributed by atoms with Crippen LogP contribution < -0.4 is 20.1 Å². The molecule has 7 heteroatoms. The van der Waals surface area contributed by atoms with Gasteiger partial charge in [0.15, 0.2) is 11.5 Å². The summed E-state index contributed by atoms with van der Waals surface area (Å²) in [4.78, 5) is 23.4. The molecule has 2 N–H and O–H groups in total. The third-order valence-corrected chi connectivity index (χ3v) is 3.70. The number of benzene rings is 2. The van der Waals surface area contributed by atoms with Crippen molar-refractivity contribution in [2.45, 2.75) is 6.54 Å². The molecule has 0 fully saturated rings. The average Bonchev–Trinajstić information content (AvgIpc) is 2.70. The molecule has 7 nitrogen and oxygen atoms in total. The number of nitrogens with one attached hydrogen (secondary N) is 2. The van der Waals surface area contributed by atoms with Crippen LogP contribution in [0.5, 0.6) is 11.5 Å². The van der Waals surface area contributed by atoms with Gasteiger partial charge in [0.2, 0.25) is 5.91 Å². The largest absolute Gasteiger partial charge is 0.493 e. The molecule has 0 aliphatic heterocycles. The third kappa shape index (κ3) is 5.14. The highest BCUT2D eigenvalue weighted by atomic mass is 16.5. The molecule has 0 saturated heterocycles. The molecule has 0 aromatic heterocycles. The van der Waals surface area contributed by atoms with Gasteiger partial charge in [-0.3, -0.25) is 4.79 Å². The monoisotopic (exact) mass is 358 g/mol. The van der Waals surface area contributed by atoms with E-state index >= 15 is 0 Å². The molecule has 0 spiro atoms. The van der Waals surface area contributed by atoms with E-state index in [1.54, 1.807) is 44.6 Å². The zero-order chi connectivity index (χ0) is 18.9. The zero-order valence-corrected chi connectivity index (χ0v) is 15.0. The summed E-state index contributed by atoms with van der Waals surface area (Å²) in [6, 6.07) is 12.2. The highest BCUT2D eigenvalue weighted by molar-refractivity contribution is 5.89. The van der Waals surface area contributed by atoms with Gasteiger partial charge in [0, 0.05) is 12.2 Å². The molecule has 0 radical (unpaired) electrons. The van der Waals surface area contributed by atoms with Crippen LogP contribution >= 0.6 is 0 Å². The Morgan fingerprint density at radius 3 is 2.23 bits per heavy atom. The minimum Gasteiger partial charge on any atom is -0.493 e. The number of carbonyl (C=O) groups excluding carboxylic acids is 2. The van der Waals surface area contributed by atoms with E-state index in [-0.39, 0.29) is 12.5 Å². The molecule has 2 aromatic carbocycles.